The summed E-state index contributed by atoms with van der Waals surface area (Å²) >= 11 is 4.57. The number of hydrogen-bond donors (Lipinski definition) is 2. The molecular weight excluding hydrogens is 356 g/mol. The van der Waals surface area contributed by atoms with Crippen molar-refractivity contribution < 1.29 is 14.3 Å². The highest BCUT2D eigenvalue weighted by atomic mass is 79.9. The van der Waals surface area contributed by atoms with Crippen molar-refractivity contribution in [2.24, 2.45) is 0 Å². The molecule has 0 saturated heterocycles. The molecule has 0 aliphatic carbocycles. The standard InChI is InChI=1S/C14H13BrN2O3S/c1-20-10-4-2-9(3-5-10)8-13(18)16-17-14(19)11-6-7-12(15)21-11/h2-7H,8H2,1H3,(H,16,18)(H,17,19). The van der Waals surface area contributed by atoms with E-state index in [1.54, 1.807) is 43.5 Å². The van der Waals surface area contributed by atoms with Crippen LogP contribution in [0.1, 0.15) is 15.2 Å². The number of ether oxygens (including phenoxy) is 1. The lowest BCUT2D eigenvalue weighted by molar-refractivity contribution is -0.121. The molecule has 0 radical (unpaired) electrons. The molecule has 0 atom stereocenters. The van der Waals surface area contributed by atoms with Crippen LogP contribution in [0, 0.1) is 0 Å². The van der Waals surface area contributed by atoms with E-state index in [2.05, 4.69) is 26.8 Å². The van der Waals surface area contributed by atoms with Gasteiger partial charge in [0.15, 0.2) is 0 Å². The van der Waals surface area contributed by atoms with Crippen molar-refractivity contribution in [1.29, 1.82) is 0 Å². The van der Waals surface area contributed by atoms with E-state index in [0.717, 1.165) is 15.1 Å². The van der Waals surface area contributed by atoms with E-state index in [1.807, 2.05) is 0 Å². The molecule has 0 fully saturated rings. The Morgan fingerprint density at radius 2 is 1.86 bits per heavy atom. The maximum atomic E-state index is 11.7. The Morgan fingerprint density at radius 3 is 2.43 bits per heavy atom. The average Bonchev–Trinajstić information content (AvgIpc) is 2.92. The van der Waals surface area contributed by atoms with Crippen LogP contribution in [0.5, 0.6) is 5.75 Å². The first-order valence-electron chi connectivity index (χ1n) is 6.06. The van der Waals surface area contributed by atoms with Gasteiger partial charge in [0.1, 0.15) is 5.75 Å². The first kappa shape index (κ1) is 15.5. The largest absolute Gasteiger partial charge is 0.497 e. The zero-order valence-corrected chi connectivity index (χ0v) is 13.6. The Balaban J connectivity index is 1.82. The molecule has 0 saturated carbocycles. The van der Waals surface area contributed by atoms with Crippen molar-refractivity contribution in [1.82, 2.24) is 10.9 Å². The average molecular weight is 369 g/mol. The molecule has 5 nitrogen and oxygen atoms in total. The Bertz CT molecular complexity index is 640. The number of carbonyl (C=O) groups is 2. The van der Waals surface area contributed by atoms with Crippen LogP contribution in [-0.4, -0.2) is 18.9 Å². The Labute approximate surface area is 134 Å². The van der Waals surface area contributed by atoms with Gasteiger partial charge in [0.2, 0.25) is 5.91 Å². The summed E-state index contributed by atoms with van der Waals surface area (Å²) in [5.41, 5.74) is 5.60. The summed E-state index contributed by atoms with van der Waals surface area (Å²) in [7, 11) is 1.58. The lowest BCUT2D eigenvalue weighted by Gasteiger charge is -2.07. The van der Waals surface area contributed by atoms with E-state index in [9.17, 15) is 9.59 Å². The van der Waals surface area contributed by atoms with Crippen molar-refractivity contribution in [2.45, 2.75) is 6.42 Å². The molecule has 2 rings (SSSR count). The van der Waals surface area contributed by atoms with Gasteiger partial charge in [-0.3, -0.25) is 20.4 Å². The second-order valence-electron chi connectivity index (χ2n) is 4.13. The molecule has 1 aromatic heterocycles. The molecule has 0 spiro atoms. The number of nitrogens with one attached hydrogen (secondary N) is 2. The van der Waals surface area contributed by atoms with Gasteiger partial charge in [-0.05, 0) is 45.8 Å². The van der Waals surface area contributed by atoms with Crippen LogP contribution in [0.3, 0.4) is 0 Å². The van der Waals surface area contributed by atoms with Gasteiger partial charge in [-0.2, -0.15) is 0 Å². The second kappa shape index (κ2) is 7.24. The highest BCUT2D eigenvalue weighted by Gasteiger charge is 2.10. The number of benzene rings is 1. The second-order valence-corrected chi connectivity index (χ2v) is 6.59. The first-order valence-corrected chi connectivity index (χ1v) is 7.67. The first-order chi connectivity index (χ1) is 10.1. The summed E-state index contributed by atoms with van der Waals surface area (Å²) in [6.45, 7) is 0. The minimum absolute atomic E-state index is 0.179. The van der Waals surface area contributed by atoms with E-state index in [0.29, 0.717) is 4.88 Å². The number of hydrazine groups is 1. The number of hydrogen-bond acceptors (Lipinski definition) is 4. The van der Waals surface area contributed by atoms with Crippen molar-refractivity contribution >= 4 is 39.1 Å². The number of rotatable bonds is 4. The predicted octanol–water partition coefficient (Wildman–Crippen LogP) is 2.52. The van der Waals surface area contributed by atoms with E-state index < -0.39 is 0 Å². The van der Waals surface area contributed by atoms with Gasteiger partial charge >= 0.3 is 0 Å². The maximum Gasteiger partial charge on any atom is 0.279 e. The smallest absolute Gasteiger partial charge is 0.279 e. The van der Waals surface area contributed by atoms with Crippen molar-refractivity contribution in [2.75, 3.05) is 7.11 Å². The number of thiophene rings is 1. The highest BCUT2D eigenvalue weighted by molar-refractivity contribution is 9.11. The van der Waals surface area contributed by atoms with Crippen molar-refractivity contribution in [3.63, 3.8) is 0 Å². The lowest BCUT2D eigenvalue weighted by atomic mass is 10.1. The van der Waals surface area contributed by atoms with E-state index in [4.69, 9.17) is 4.74 Å². The monoisotopic (exact) mass is 368 g/mol. The Hall–Kier alpha value is -1.86. The third-order valence-corrected chi connectivity index (χ3v) is 4.26. The molecule has 0 unspecified atom stereocenters. The van der Waals surface area contributed by atoms with Gasteiger partial charge in [0.05, 0.1) is 22.2 Å². The fourth-order valence-electron chi connectivity index (χ4n) is 1.60. The summed E-state index contributed by atoms with van der Waals surface area (Å²) < 4.78 is 5.90. The molecule has 2 amide bonds. The summed E-state index contributed by atoms with van der Waals surface area (Å²) in [6, 6.07) is 10.6. The minimum Gasteiger partial charge on any atom is -0.497 e. The Morgan fingerprint density at radius 1 is 1.14 bits per heavy atom. The minimum atomic E-state index is -0.339. The van der Waals surface area contributed by atoms with Gasteiger partial charge < -0.3 is 4.74 Å². The van der Waals surface area contributed by atoms with Crippen LogP contribution >= 0.6 is 27.3 Å². The molecule has 1 aromatic carbocycles. The Kier molecular flexibility index (Phi) is 5.35. The normalized spacial score (nSPS) is 10.0. The summed E-state index contributed by atoms with van der Waals surface area (Å²) in [6.07, 6.45) is 0.179. The van der Waals surface area contributed by atoms with Crippen LogP contribution < -0.4 is 15.6 Å². The van der Waals surface area contributed by atoms with Crippen LogP contribution in [0.25, 0.3) is 0 Å². The molecular formula is C14H13BrN2O3S. The number of methoxy groups -OCH3 is 1. The SMILES string of the molecule is COc1ccc(CC(=O)NNC(=O)c2ccc(Br)s2)cc1. The maximum absolute atomic E-state index is 11.7. The molecule has 0 aliphatic rings. The fourth-order valence-corrected chi connectivity index (χ4v) is 2.88. The van der Waals surface area contributed by atoms with Gasteiger partial charge in [0.25, 0.3) is 5.91 Å². The number of carbonyl (C=O) groups excluding carboxylic acids is 2. The number of halogens is 1. The fraction of sp³-hybridized carbons (Fsp3) is 0.143. The zero-order valence-electron chi connectivity index (χ0n) is 11.2. The van der Waals surface area contributed by atoms with E-state index in [1.165, 1.54) is 11.3 Å². The summed E-state index contributed by atoms with van der Waals surface area (Å²) in [5, 5.41) is 0. The van der Waals surface area contributed by atoms with Crippen molar-refractivity contribution in [3.05, 3.63) is 50.6 Å². The highest BCUT2D eigenvalue weighted by Crippen LogP contribution is 2.21. The molecule has 0 bridgehead atoms. The lowest BCUT2D eigenvalue weighted by Crippen LogP contribution is -2.42. The quantitative estimate of drug-likeness (QED) is 0.814. The molecule has 0 aliphatic heterocycles. The van der Waals surface area contributed by atoms with Crippen LogP contribution in [0.15, 0.2) is 40.2 Å². The molecule has 2 aromatic rings. The molecule has 7 heteroatoms. The van der Waals surface area contributed by atoms with E-state index in [-0.39, 0.29) is 18.2 Å². The van der Waals surface area contributed by atoms with Crippen molar-refractivity contribution in [3.8, 4) is 5.75 Å². The summed E-state index contributed by atoms with van der Waals surface area (Å²) in [5.74, 6) is 0.105. The molecule has 1 heterocycles. The molecule has 110 valence electrons. The topological polar surface area (TPSA) is 67.4 Å². The molecule has 2 N–H and O–H groups in total. The third-order valence-electron chi connectivity index (χ3n) is 2.64. The van der Waals surface area contributed by atoms with Crippen LogP contribution in [0.4, 0.5) is 0 Å². The third kappa shape index (κ3) is 4.57. The summed E-state index contributed by atoms with van der Waals surface area (Å²) in [4.78, 5) is 24.0. The van der Waals surface area contributed by atoms with E-state index >= 15 is 0 Å². The molecule has 21 heavy (non-hydrogen) atoms. The van der Waals surface area contributed by atoms with Crippen LogP contribution in [0.2, 0.25) is 0 Å². The van der Waals surface area contributed by atoms with Gasteiger partial charge in [-0.25, -0.2) is 0 Å². The van der Waals surface area contributed by atoms with Crippen LogP contribution in [-0.2, 0) is 11.2 Å². The van der Waals surface area contributed by atoms with Gasteiger partial charge in [-0.15, -0.1) is 11.3 Å². The van der Waals surface area contributed by atoms with Gasteiger partial charge in [0, 0.05) is 0 Å². The predicted molar refractivity (Wildman–Crippen MR) is 84.3 cm³/mol. The number of amides is 2. The van der Waals surface area contributed by atoms with Gasteiger partial charge in [-0.1, -0.05) is 12.1 Å². The zero-order chi connectivity index (χ0) is 15.2.